The molecule has 1 saturated heterocycles. The van der Waals surface area contributed by atoms with Crippen molar-refractivity contribution in [2.24, 2.45) is 5.92 Å². The third-order valence-electron chi connectivity index (χ3n) is 6.17. The number of ketones is 1. The lowest BCUT2D eigenvalue weighted by atomic mass is 9.93. The van der Waals surface area contributed by atoms with E-state index in [4.69, 9.17) is 18.7 Å². The molecular weight excluding hydrogens is 487 g/mol. The van der Waals surface area contributed by atoms with Crippen molar-refractivity contribution in [2.75, 3.05) is 39.5 Å². The predicted molar refractivity (Wildman–Crippen MR) is 121 cm³/mol. The van der Waals surface area contributed by atoms with Gasteiger partial charge in [-0.25, -0.2) is 4.98 Å². The summed E-state index contributed by atoms with van der Waals surface area (Å²) in [5.74, 6) is 1.19. The molecule has 0 aliphatic carbocycles. The summed E-state index contributed by atoms with van der Waals surface area (Å²) < 4.78 is 58.2. The monoisotopic (exact) mass is 517 g/mol. The molecule has 2 aromatic rings. The Hall–Kier alpha value is -2.18. The standard InChI is InChI=1S/C23H30F3N3O5S/c1-15-10-21(28-34-15)32-13-17(30)11-16-2-3-18(31-12-16)4-7-29-8-5-19-20(6-9-29)35-22(27-19)33-14-23(24,25)26/h10,16,18H,2-9,11-14H2,1H3/t16-,18-/m1/s1. The first-order chi connectivity index (χ1) is 16.7. The molecule has 4 heterocycles. The van der Waals surface area contributed by atoms with E-state index >= 15 is 0 Å². The summed E-state index contributed by atoms with van der Waals surface area (Å²) in [4.78, 5) is 19.8. The average molecular weight is 518 g/mol. The Morgan fingerprint density at radius 3 is 2.80 bits per heavy atom. The molecular formula is C23H30F3N3O5S. The number of carbonyl (C=O) groups is 1. The van der Waals surface area contributed by atoms with Crippen LogP contribution in [-0.2, 0) is 22.4 Å². The van der Waals surface area contributed by atoms with Crippen molar-refractivity contribution in [3.8, 4) is 11.1 Å². The third kappa shape index (κ3) is 8.18. The van der Waals surface area contributed by atoms with Crippen LogP contribution in [0.25, 0.3) is 0 Å². The number of aryl methyl sites for hydroxylation is 1. The molecule has 2 aromatic heterocycles. The molecule has 8 nitrogen and oxygen atoms in total. The average Bonchev–Trinajstić information content (AvgIpc) is 3.36. The summed E-state index contributed by atoms with van der Waals surface area (Å²) in [5.41, 5.74) is 0.846. The highest BCUT2D eigenvalue weighted by Gasteiger charge is 2.30. The van der Waals surface area contributed by atoms with E-state index in [0.29, 0.717) is 31.1 Å². The number of carbonyl (C=O) groups excluding carboxylic acids is 1. The molecule has 194 valence electrons. The lowest BCUT2D eigenvalue weighted by Crippen LogP contribution is -2.33. The Morgan fingerprint density at radius 2 is 2.09 bits per heavy atom. The Labute approximate surface area is 205 Å². The van der Waals surface area contributed by atoms with Gasteiger partial charge in [0.15, 0.2) is 12.4 Å². The number of alkyl halides is 3. The van der Waals surface area contributed by atoms with Crippen LogP contribution in [0.2, 0.25) is 0 Å². The maximum Gasteiger partial charge on any atom is 0.422 e. The van der Waals surface area contributed by atoms with Gasteiger partial charge in [0.05, 0.1) is 18.4 Å². The number of halogens is 3. The Morgan fingerprint density at radius 1 is 1.26 bits per heavy atom. The van der Waals surface area contributed by atoms with E-state index in [1.165, 1.54) is 11.3 Å². The fourth-order valence-corrected chi connectivity index (χ4v) is 5.28. The van der Waals surface area contributed by atoms with E-state index in [0.717, 1.165) is 55.9 Å². The zero-order valence-corrected chi connectivity index (χ0v) is 20.5. The van der Waals surface area contributed by atoms with Gasteiger partial charge >= 0.3 is 6.18 Å². The molecule has 0 N–H and O–H groups in total. The van der Waals surface area contributed by atoms with Gasteiger partial charge in [0, 0.05) is 43.4 Å². The summed E-state index contributed by atoms with van der Waals surface area (Å²) in [7, 11) is 0. The summed E-state index contributed by atoms with van der Waals surface area (Å²) in [6.07, 6.45) is 0.485. The molecule has 0 saturated carbocycles. The van der Waals surface area contributed by atoms with Crippen LogP contribution in [-0.4, -0.2) is 72.6 Å². The molecule has 12 heteroatoms. The van der Waals surface area contributed by atoms with Gasteiger partial charge in [-0.05, 0) is 43.7 Å². The van der Waals surface area contributed by atoms with Crippen LogP contribution < -0.4 is 9.47 Å². The zero-order valence-electron chi connectivity index (χ0n) is 19.6. The smallest absolute Gasteiger partial charge is 0.422 e. The number of hydrogen-bond acceptors (Lipinski definition) is 9. The quantitative estimate of drug-likeness (QED) is 0.468. The van der Waals surface area contributed by atoms with Crippen molar-refractivity contribution < 1.29 is 36.7 Å². The maximum atomic E-state index is 12.4. The topological polar surface area (TPSA) is 86.9 Å². The molecule has 0 bridgehead atoms. The summed E-state index contributed by atoms with van der Waals surface area (Å²) >= 11 is 1.22. The second-order valence-electron chi connectivity index (χ2n) is 9.09. The molecule has 0 unspecified atom stereocenters. The second kappa shape index (κ2) is 11.7. The third-order valence-corrected chi connectivity index (χ3v) is 7.24. The number of ether oxygens (including phenoxy) is 3. The van der Waals surface area contributed by atoms with Gasteiger partial charge in [-0.15, -0.1) is 0 Å². The number of Topliss-reactive ketones (excluding diaryl/α,β-unsaturated/α-hetero) is 1. The highest BCUT2D eigenvalue weighted by Crippen LogP contribution is 2.30. The number of aromatic nitrogens is 2. The van der Waals surface area contributed by atoms with Crippen LogP contribution in [0.3, 0.4) is 0 Å². The maximum absolute atomic E-state index is 12.4. The van der Waals surface area contributed by atoms with Crippen molar-refractivity contribution >= 4 is 17.1 Å². The number of thiazole rings is 1. The van der Waals surface area contributed by atoms with Crippen LogP contribution in [0.15, 0.2) is 10.6 Å². The van der Waals surface area contributed by atoms with Crippen LogP contribution in [0, 0.1) is 12.8 Å². The zero-order chi connectivity index (χ0) is 24.8. The minimum Gasteiger partial charge on any atom is -0.467 e. The van der Waals surface area contributed by atoms with Gasteiger partial charge in [0.2, 0.25) is 0 Å². The van der Waals surface area contributed by atoms with E-state index in [2.05, 4.69) is 15.0 Å². The highest BCUT2D eigenvalue weighted by molar-refractivity contribution is 7.13. The molecule has 0 spiro atoms. The first-order valence-electron chi connectivity index (χ1n) is 11.8. The van der Waals surface area contributed by atoms with E-state index in [9.17, 15) is 18.0 Å². The predicted octanol–water partition coefficient (Wildman–Crippen LogP) is 4.00. The Balaban J connectivity index is 1.11. The lowest BCUT2D eigenvalue weighted by Gasteiger charge is -2.30. The van der Waals surface area contributed by atoms with Crippen molar-refractivity contribution in [3.05, 3.63) is 22.4 Å². The van der Waals surface area contributed by atoms with Gasteiger partial charge in [-0.3, -0.25) is 4.79 Å². The molecule has 4 rings (SSSR count). The molecule has 0 radical (unpaired) electrons. The van der Waals surface area contributed by atoms with Gasteiger partial charge in [0.25, 0.3) is 11.1 Å². The van der Waals surface area contributed by atoms with Gasteiger partial charge < -0.3 is 23.6 Å². The molecule has 35 heavy (non-hydrogen) atoms. The highest BCUT2D eigenvalue weighted by atomic mass is 32.1. The van der Waals surface area contributed by atoms with E-state index in [1.807, 2.05) is 0 Å². The van der Waals surface area contributed by atoms with Crippen LogP contribution in [0.4, 0.5) is 13.2 Å². The fourth-order valence-electron chi connectivity index (χ4n) is 4.34. The number of hydrogen-bond donors (Lipinski definition) is 0. The largest absolute Gasteiger partial charge is 0.467 e. The molecule has 2 aliphatic heterocycles. The molecule has 0 amide bonds. The van der Waals surface area contributed by atoms with Crippen LogP contribution in [0.5, 0.6) is 11.1 Å². The first kappa shape index (κ1) is 25.9. The van der Waals surface area contributed by atoms with Crippen LogP contribution in [0.1, 0.15) is 42.0 Å². The Bertz CT molecular complexity index is 947. The van der Waals surface area contributed by atoms with Crippen molar-refractivity contribution in [1.29, 1.82) is 0 Å². The van der Waals surface area contributed by atoms with Crippen LogP contribution >= 0.6 is 11.3 Å². The summed E-state index contributed by atoms with van der Waals surface area (Å²) in [5, 5.41) is 3.81. The molecule has 2 aliphatic rings. The molecule has 2 atom stereocenters. The molecule has 0 aromatic carbocycles. The normalized spacial score (nSPS) is 21.4. The van der Waals surface area contributed by atoms with Crippen molar-refractivity contribution in [2.45, 2.75) is 57.7 Å². The SMILES string of the molecule is Cc1cc(OCC(=O)C[C@H]2CC[C@H](CCN3CCc4nc(OCC(F)(F)F)sc4CC3)OC2)no1. The lowest BCUT2D eigenvalue weighted by molar-refractivity contribution is -0.153. The minimum atomic E-state index is -4.36. The second-order valence-corrected chi connectivity index (χ2v) is 10.1. The van der Waals surface area contributed by atoms with Crippen molar-refractivity contribution in [3.63, 3.8) is 0 Å². The van der Waals surface area contributed by atoms with Gasteiger partial charge in [-0.2, -0.15) is 13.2 Å². The number of fused-ring (bicyclic) bond motifs is 1. The summed E-state index contributed by atoms with van der Waals surface area (Å²) in [6.45, 7) is 3.55. The Kier molecular flexibility index (Phi) is 8.66. The van der Waals surface area contributed by atoms with Gasteiger partial charge in [-0.1, -0.05) is 11.3 Å². The van der Waals surface area contributed by atoms with E-state index in [-0.39, 0.29) is 29.6 Å². The molecule has 1 fully saturated rings. The number of nitrogens with zero attached hydrogens (tertiary/aromatic N) is 3. The fraction of sp³-hybridized carbons (Fsp3) is 0.696. The van der Waals surface area contributed by atoms with Gasteiger partial charge in [0.1, 0.15) is 12.4 Å². The summed E-state index contributed by atoms with van der Waals surface area (Å²) in [6, 6.07) is 1.64. The van der Waals surface area contributed by atoms with E-state index in [1.54, 1.807) is 13.0 Å². The number of rotatable bonds is 10. The van der Waals surface area contributed by atoms with E-state index < -0.39 is 12.8 Å². The first-order valence-corrected chi connectivity index (χ1v) is 12.6. The minimum absolute atomic E-state index is 0.0167. The van der Waals surface area contributed by atoms with Crippen molar-refractivity contribution in [1.82, 2.24) is 15.0 Å².